The summed E-state index contributed by atoms with van der Waals surface area (Å²) >= 11 is 0. The number of hydrogen-bond donors (Lipinski definition) is 2. The fraction of sp³-hybridized carbons (Fsp3) is 0.238. The molecule has 0 fully saturated rings. The van der Waals surface area contributed by atoms with Gasteiger partial charge >= 0.3 is 0 Å². The van der Waals surface area contributed by atoms with Gasteiger partial charge in [-0.3, -0.25) is 9.78 Å². The van der Waals surface area contributed by atoms with E-state index < -0.39 is 0 Å². The predicted molar refractivity (Wildman–Crippen MR) is 111 cm³/mol. The first-order valence-corrected chi connectivity index (χ1v) is 9.30. The third kappa shape index (κ3) is 5.51. The molecule has 0 aliphatic carbocycles. The summed E-state index contributed by atoms with van der Waals surface area (Å²) in [6.45, 7) is 2.90. The number of rotatable bonds is 9. The molecule has 144 valence electrons. The van der Waals surface area contributed by atoms with Crippen molar-refractivity contribution in [2.75, 3.05) is 12.0 Å². The van der Waals surface area contributed by atoms with Crippen LogP contribution in [0.15, 0.2) is 64.5 Å². The summed E-state index contributed by atoms with van der Waals surface area (Å²) in [5, 5.41) is 12.0. The van der Waals surface area contributed by atoms with E-state index in [1.807, 2.05) is 54.6 Å². The smallest absolute Gasteiger partial charge is 0.279 e. The molecule has 0 saturated heterocycles. The van der Waals surface area contributed by atoms with Crippen molar-refractivity contribution in [3.63, 3.8) is 0 Å². The number of nitrogens with zero attached hydrogens (tertiary/aromatic N) is 3. The average molecular weight is 377 g/mol. The highest BCUT2D eigenvalue weighted by molar-refractivity contribution is 5.80. The lowest BCUT2D eigenvalue weighted by molar-refractivity contribution is 0.306. The van der Waals surface area contributed by atoms with E-state index in [9.17, 15) is 4.79 Å². The van der Waals surface area contributed by atoms with Gasteiger partial charge in [-0.25, -0.2) is 5.43 Å². The van der Waals surface area contributed by atoms with Crippen LogP contribution >= 0.6 is 0 Å². The van der Waals surface area contributed by atoms with Gasteiger partial charge in [0.1, 0.15) is 5.75 Å². The number of benzene rings is 2. The van der Waals surface area contributed by atoms with Gasteiger partial charge in [0.15, 0.2) is 5.69 Å². The lowest BCUT2D eigenvalue weighted by Crippen LogP contribution is -2.15. The van der Waals surface area contributed by atoms with Crippen LogP contribution in [0.5, 0.6) is 5.75 Å². The Labute approximate surface area is 163 Å². The number of H-pyrrole nitrogens is 1. The minimum absolute atomic E-state index is 0.178. The largest absolute Gasteiger partial charge is 0.494 e. The Balaban J connectivity index is 1.56. The molecule has 7 heteroatoms. The monoisotopic (exact) mass is 377 g/mol. The predicted octanol–water partition coefficient (Wildman–Crippen LogP) is 3.85. The lowest BCUT2D eigenvalue weighted by Gasteiger charge is -2.05. The number of hydrazone groups is 1. The molecule has 0 atom stereocenters. The molecule has 3 aromatic rings. The maximum Gasteiger partial charge on any atom is 0.279 e. The third-order valence-electron chi connectivity index (χ3n) is 4.03. The molecule has 0 unspecified atom stereocenters. The first kappa shape index (κ1) is 19.3. The summed E-state index contributed by atoms with van der Waals surface area (Å²) in [6, 6.07) is 16.8. The van der Waals surface area contributed by atoms with Gasteiger partial charge in [0.25, 0.3) is 5.56 Å². The minimum atomic E-state index is -0.330. The van der Waals surface area contributed by atoms with Crippen LogP contribution < -0.4 is 15.7 Å². The van der Waals surface area contributed by atoms with Crippen molar-refractivity contribution in [3.8, 4) is 17.0 Å². The lowest BCUT2D eigenvalue weighted by atomic mass is 10.2. The van der Waals surface area contributed by atoms with E-state index in [-0.39, 0.29) is 17.2 Å². The number of unbranched alkanes of at least 4 members (excludes halogenated alkanes) is 2. The summed E-state index contributed by atoms with van der Waals surface area (Å²) in [7, 11) is 0. The molecule has 0 aliphatic heterocycles. The van der Waals surface area contributed by atoms with Crippen molar-refractivity contribution in [2.24, 2.45) is 5.10 Å². The van der Waals surface area contributed by atoms with E-state index in [0.29, 0.717) is 5.56 Å². The number of ether oxygens (including phenoxy) is 1. The average Bonchev–Trinajstić information content (AvgIpc) is 2.73. The van der Waals surface area contributed by atoms with Crippen LogP contribution in [-0.4, -0.2) is 28.0 Å². The Morgan fingerprint density at radius 2 is 1.86 bits per heavy atom. The van der Waals surface area contributed by atoms with Gasteiger partial charge in [0.05, 0.1) is 12.8 Å². The van der Waals surface area contributed by atoms with E-state index in [1.54, 1.807) is 6.21 Å². The number of anilines is 1. The Morgan fingerprint density at radius 3 is 2.57 bits per heavy atom. The van der Waals surface area contributed by atoms with Gasteiger partial charge < -0.3 is 4.74 Å². The van der Waals surface area contributed by atoms with Crippen LogP contribution in [0.1, 0.15) is 31.7 Å². The molecule has 2 N–H and O–H groups in total. The standard InChI is InChI=1S/C21H23N5O2/c1-2-3-7-14-28-18-12-10-16(11-13-18)15-22-25-21-23-20(27)19(24-26-21)17-8-5-4-6-9-17/h4-6,8-13,15H,2-3,7,14H2,1H3,(H2,23,25,26,27)/b22-15+. The maximum absolute atomic E-state index is 12.2. The Hall–Kier alpha value is -3.48. The third-order valence-corrected chi connectivity index (χ3v) is 4.03. The molecule has 0 amide bonds. The molecule has 2 aromatic carbocycles. The van der Waals surface area contributed by atoms with E-state index in [0.717, 1.165) is 24.3 Å². The molecule has 0 bridgehead atoms. The highest BCUT2D eigenvalue weighted by Crippen LogP contribution is 2.12. The van der Waals surface area contributed by atoms with Crippen LogP contribution in [0.3, 0.4) is 0 Å². The molecule has 1 aromatic heterocycles. The molecule has 28 heavy (non-hydrogen) atoms. The van der Waals surface area contributed by atoms with E-state index >= 15 is 0 Å². The van der Waals surface area contributed by atoms with Crippen molar-refractivity contribution in [2.45, 2.75) is 26.2 Å². The number of aromatic nitrogens is 3. The second-order valence-electron chi connectivity index (χ2n) is 6.21. The Morgan fingerprint density at radius 1 is 1.07 bits per heavy atom. The van der Waals surface area contributed by atoms with E-state index in [2.05, 4.69) is 32.6 Å². The van der Waals surface area contributed by atoms with E-state index in [1.165, 1.54) is 12.8 Å². The van der Waals surface area contributed by atoms with Gasteiger partial charge in [-0.15, -0.1) is 10.2 Å². The molecule has 0 aliphatic rings. The molecule has 1 heterocycles. The van der Waals surface area contributed by atoms with Crippen LogP contribution in [0.4, 0.5) is 5.95 Å². The molecule has 0 saturated carbocycles. The molecular formula is C21H23N5O2. The second-order valence-corrected chi connectivity index (χ2v) is 6.21. The quantitative estimate of drug-likeness (QED) is 0.336. The fourth-order valence-electron chi connectivity index (χ4n) is 2.53. The van der Waals surface area contributed by atoms with Crippen molar-refractivity contribution in [1.82, 2.24) is 15.2 Å². The number of aromatic amines is 1. The SMILES string of the molecule is CCCCCOc1ccc(/C=N/Nc2nnc(-c3ccccc3)c(=O)[nH]2)cc1. The van der Waals surface area contributed by atoms with Gasteiger partial charge in [-0.1, -0.05) is 50.1 Å². The first-order valence-electron chi connectivity index (χ1n) is 9.30. The second kappa shape index (κ2) is 10.0. The topological polar surface area (TPSA) is 92.3 Å². The zero-order valence-electron chi connectivity index (χ0n) is 15.8. The normalized spacial score (nSPS) is 10.9. The molecular weight excluding hydrogens is 354 g/mol. The van der Waals surface area contributed by atoms with Crippen molar-refractivity contribution >= 4 is 12.2 Å². The van der Waals surface area contributed by atoms with Crippen LogP contribution in [0.2, 0.25) is 0 Å². The first-order chi connectivity index (χ1) is 13.8. The zero-order chi connectivity index (χ0) is 19.6. The Bertz CT molecular complexity index is 953. The summed E-state index contributed by atoms with van der Waals surface area (Å²) in [4.78, 5) is 14.8. The highest BCUT2D eigenvalue weighted by atomic mass is 16.5. The summed E-state index contributed by atoms with van der Waals surface area (Å²) in [5.41, 5.74) is 4.23. The highest BCUT2D eigenvalue weighted by Gasteiger charge is 2.06. The maximum atomic E-state index is 12.2. The van der Waals surface area contributed by atoms with Crippen LogP contribution in [0, 0.1) is 0 Å². The summed E-state index contributed by atoms with van der Waals surface area (Å²) < 4.78 is 5.68. The van der Waals surface area contributed by atoms with Crippen molar-refractivity contribution < 1.29 is 4.74 Å². The van der Waals surface area contributed by atoms with Crippen LogP contribution in [0.25, 0.3) is 11.3 Å². The van der Waals surface area contributed by atoms with Gasteiger partial charge in [0.2, 0.25) is 5.95 Å². The number of hydrogen-bond acceptors (Lipinski definition) is 6. The summed E-state index contributed by atoms with van der Waals surface area (Å²) in [6.07, 6.45) is 5.04. The van der Waals surface area contributed by atoms with Crippen molar-refractivity contribution in [3.05, 3.63) is 70.5 Å². The molecule has 0 spiro atoms. The fourth-order valence-corrected chi connectivity index (χ4v) is 2.53. The van der Waals surface area contributed by atoms with Gasteiger partial charge in [0, 0.05) is 5.56 Å². The van der Waals surface area contributed by atoms with Gasteiger partial charge in [-0.2, -0.15) is 5.10 Å². The number of nitrogens with one attached hydrogen (secondary N) is 2. The van der Waals surface area contributed by atoms with Gasteiger partial charge in [-0.05, 0) is 36.2 Å². The molecule has 0 radical (unpaired) electrons. The molecule has 3 rings (SSSR count). The Kier molecular flexibility index (Phi) is 6.89. The van der Waals surface area contributed by atoms with Crippen molar-refractivity contribution in [1.29, 1.82) is 0 Å². The molecule has 7 nitrogen and oxygen atoms in total. The van der Waals surface area contributed by atoms with E-state index in [4.69, 9.17) is 4.74 Å². The summed E-state index contributed by atoms with van der Waals surface area (Å²) in [5.74, 6) is 1.02. The minimum Gasteiger partial charge on any atom is -0.494 e. The van der Waals surface area contributed by atoms with Crippen LogP contribution in [-0.2, 0) is 0 Å². The zero-order valence-corrected chi connectivity index (χ0v) is 15.8.